The molecule has 0 radical (unpaired) electrons. The van der Waals surface area contributed by atoms with Gasteiger partial charge >= 0.3 is 6.18 Å². The van der Waals surface area contributed by atoms with Gasteiger partial charge in [-0.2, -0.15) is 13.2 Å². The summed E-state index contributed by atoms with van der Waals surface area (Å²) in [5.41, 5.74) is 0.415. The van der Waals surface area contributed by atoms with Gasteiger partial charge in [0.15, 0.2) is 6.61 Å². The largest absolute Gasteiger partial charge is 0.468 e. The lowest BCUT2D eigenvalue weighted by Gasteiger charge is -2.11. The number of rotatable bonds is 7. The van der Waals surface area contributed by atoms with Gasteiger partial charge < -0.3 is 19.8 Å². The Kier molecular flexibility index (Phi) is 6.71. The number of halogens is 3. The Morgan fingerprint density at radius 2 is 1.84 bits per heavy atom. The maximum absolute atomic E-state index is 12.7. The first-order valence-electron chi connectivity index (χ1n) is 8.89. The molecular weight excluding hydrogens is 415 g/mol. The normalized spacial score (nSPS) is 11.6. The second kappa shape index (κ2) is 9.61. The van der Waals surface area contributed by atoms with Gasteiger partial charge in [-0.3, -0.25) is 9.59 Å². The fourth-order valence-corrected chi connectivity index (χ4v) is 2.35. The first-order chi connectivity index (χ1) is 14.8. The van der Waals surface area contributed by atoms with Crippen LogP contribution >= 0.6 is 0 Å². The fourth-order valence-electron chi connectivity index (χ4n) is 2.35. The predicted octanol–water partition coefficient (Wildman–Crippen LogP) is 4.03. The smallest absolute Gasteiger partial charge is 0.422 e. The van der Waals surface area contributed by atoms with Gasteiger partial charge in [-0.05, 0) is 30.3 Å². The van der Waals surface area contributed by atoms with Gasteiger partial charge in [-0.15, -0.1) is 0 Å². The van der Waals surface area contributed by atoms with E-state index < -0.39 is 24.6 Å². The van der Waals surface area contributed by atoms with E-state index in [9.17, 15) is 22.8 Å². The van der Waals surface area contributed by atoms with Crippen molar-refractivity contribution in [2.24, 2.45) is 0 Å². The van der Waals surface area contributed by atoms with Crippen LogP contribution in [-0.2, 0) is 4.79 Å². The number of carbonyl (C=O) groups is 2. The zero-order valence-corrected chi connectivity index (χ0v) is 15.8. The summed E-state index contributed by atoms with van der Waals surface area (Å²) in [6, 6.07) is 14.0. The molecule has 1 aromatic carbocycles. The van der Waals surface area contributed by atoms with Crippen molar-refractivity contribution < 1.29 is 31.9 Å². The molecule has 160 valence electrons. The number of hydrogen-bond donors (Lipinski definition) is 2. The van der Waals surface area contributed by atoms with Gasteiger partial charge in [0.25, 0.3) is 11.8 Å². The van der Waals surface area contributed by atoms with Crippen molar-refractivity contribution in [3.63, 3.8) is 0 Å². The Balaban J connectivity index is 1.72. The van der Waals surface area contributed by atoms with E-state index in [0.29, 0.717) is 11.3 Å². The lowest BCUT2D eigenvalue weighted by molar-refractivity contribution is -0.154. The van der Waals surface area contributed by atoms with Crippen molar-refractivity contribution >= 4 is 23.6 Å². The number of nitrogens with zero attached hydrogens (tertiary/aromatic N) is 1. The van der Waals surface area contributed by atoms with Crippen LogP contribution in [0.25, 0.3) is 6.08 Å². The zero-order chi connectivity index (χ0) is 22.3. The average Bonchev–Trinajstić information content (AvgIpc) is 3.26. The molecule has 0 bridgehead atoms. The molecule has 0 aliphatic heterocycles. The van der Waals surface area contributed by atoms with E-state index in [4.69, 9.17) is 4.42 Å². The number of ether oxygens (including phenoxy) is 1. The number of aromatic nitrogens is 1. The van der Waals surface area contributed by atoms with Crippen molar-refractivity contribution in [2.45, 2.75) is 6.18 Å². The van der Waals surface area contributed by atoms with E-state index in [1.165, 1.54) is 24.5 Å². The summed E-state index contributed by atoms with van der Waals surface area (Å²) < 4.78 is 46.3. The van der Waals surface area contributed by atoms with Crippen molar-refractivity contribution in [1.29, 1.82) is 0 Å². The molecule has 0 fully saturated rings. The second-order valence-corrected chi connectivity index (χ2v) is 6.14. The SMILES string of the molecule is O=C(Nc1ccc(OCC(F)(F)F)nc1)/C(=C/c1ccco1)NC(=O)c1ccccc1. The van der Waals surface area contributed by atoms with Crippen LogP contribution in [0.1, 0.15) is 16.1 Å². The molecule has 10 heteroatoms. The van der Waals surface area contributed by atoms with Crippen LogP contribution < -0.4 is 15.4 Å². The highest BCUT2D eigenvalue weighted by Gasteiger charge is 2.28. The first-order valence-corrected chi connectivity index (χ1v) is 8.89. The highest BCUT2D eigenvalue weighted by atomic mass is 19.4. The molecule has 2 N–H and O–H groups in total. The van der Waals surface area contributed by atoms with Crippen molar-refractivity contribution in [3.05, 3.63) is 84.1 Å². The molecular formula is C21H16F3N3O4. The van der Waals surface area contributed by atoms with Gasteiger partial charge in [0.05, 0.1) is 18.1 Å². The fraction of sp³-hybridized carbons (Fsp3) is 0.0952. The minimum absolute atomic E-state index is 0.110. The van der Waals surface area contributed by atoms with Gasteiger partial charge in [0, 0.05) is 17.7 Å². The molecule has 3 aromatic rings. The summed E-state index contributed by atoms with van der Waals surface area (Å²) in [5, 5.41) is 5.03. The molecule has 31 heavy (non-hydrogen) atoms. The number of alkyl halides is 3. The molecule has 0 saturated carbocycles. The number of furan rings is 1. The van der Waals surface area contributed by atoms with E-state index in [1.807, 2.05) is 0 Å². The molecule has 2 aromatic heterocycles. The monoisotopic (exact) mass is 431 g/mol. The summed E-state index contributed by atoms with van der Waals surface area (Å²) >= 11 is 0. The molecule has 7 nitrogen and oxygen atoms in total. The predicted molar refractivity (Wildman–Crippen MR) is 105 cm³/mol. The van der Waals surface area contributed by atoms with E-state index in [1.54, 1.807) is 42.5 Å². The molecule has 2 amide bonds. The molecule has 0 aliphatic carbocycles. The first kappa shape index (κ1) is 21.6. The minimum Gasteiger partial charge on any atom is -0.468 e. The Labute approximate surface area is 174 Å². The lowest BCUT2D eigenvalue weighted by atomic mass is 10.2. The number of nitrogens with one attached hydrogen (secondary N) is 2. The number of anilines is 1. The summed E-state index contributed by atoms with van der Waals surface area (Å²) in [6.07, 6.45) is -0.613. The summed E-state index contributed by atoms with van der Waals surface area (Å²) in [5.74, 6) is -1.12. The summed E-state index contributed by atoms with van der Waals surface area (Å²) in [6.45, 7) is -1.48. The second-order valence-electron chi connectivity index (χ2n) is 6.14. The van der Waals surface area contributed by atoms with Crippen LogP contribution in [0.4, 0.5) is 18.9 Å². The molecule has 0 saturated heterocycles. The number of benzene rings is 1. The number of carbonyl (C=O) groups excluding carboxylic acids is 2. The van der Waals surface area contributed by atoms with Gasteiger partial charge in [-0.1, -0.05) is 18.2 Å². The average molecular weight is 431 g/mol. The topological polar surface area (TPSA) is 93.5 Å². The Morgan fingerprint density at radius 1 is 1.06 bits per heavy atom. The van der Waals surface area contributed by atoms with E-state index in [0.717, 1.165) is 6.20 Å². The van der Waals surface area contributed by atoms with Gasteiger partial charge in [0.2, 0.25) is 5.88 Å². The number of pyridine rings is 1. The highest BCUT2D eigenvalue weighted by Crippen LogP contribution is 2.18. The third-order valence-electron chi connectivity index (χ3n) is 3.74. The molecule has 0 atom stereocenters. The van der Waals surface area contributed by atoms with Gasteiger partial charge in [0.1, 0.15) is 11.5 Å². The van der Waals surface area contributed by atoms with E-state index in [2.05, 4.69) is 20.4 Å². The Morgan fingerprint density at radius 3 is 2.45 bits per heavy atom. The van der Waals surface area contributed by atoms with Crippen LogP contribution in [0.2, 0.25) is 0 Å². The molecule has 0 aliphatic rings. The molecule has 3 rings (SSSR count). The van der Waals surface area contributed by atoms with Gasteiger partial charge in [-0.25, -0.2) is 4.98 Å². The quantitative estimate of drug-likeness (QED) is 0.551. The van der Waals surface area contributed by atoms with Crippen LogP contribution in [0.15, 0.2) is 77.2 Å². The molecule has 2 heterocycles. The highest BCUT2D eigenvalue weighted by molar-refractivity contribution is 6.10. The summed E-state index contributed by atoms with van der Waals surface area (Å²) in [4.78, 5) is 28.9. The van der Waals surface area contributed by atoms with Crippen LogP contribution in [-0.4, -0.2) is 29.6 Å². The number of hydrogen-bond acceptors (Lipinski definition) is 5. The van der Waals surface area contributed by atoms with Crippen LogP contribution in [0, 0.1) is 0 Å². The maximum atomic E-state index is 12.7. The lowest BCUT2D eigenvalue weighted by Crippen LogP contribution is -2.30. The maximum Gasteiger partial charge on any atom is 0.422 e. The number of amides is 2. The van der Waals surface area contributed by atoms with E-state index >= 15 is 0 Å². The Bertz CT molecular complexity index is 1050. The van der Waals surface area contributed by atoms with Crippen LogP contribution in [0.3, 0.4) is 0 Å². The van der Waals surface area contributed by atoms with Crippen LogP contribution in [0.5, 0.6) is 5.88 Å². The van der Waals surface area contributed by atoms with Crippen molar-refractivity contribution in [1.82, 2.24) is 10.3 Å². The third kappa shape index (κ3) is 6.74. The molecule has 0 spiro atoms. The van der Waals surface area contributed by atoms with E-state index in [-0.39, 0.29) is 17.3 Å². The standard InChI is InChI=1S/C21H16F3N3O4/c22-21(23,24)13-31-18-9-8-15(12-25-18)26-20(29)17(11-16-7-4-10-30-16)27-19(28)14-5-2-1-3-6-14/h1-12H,13H2,(H,26,29)(H,27,28)/b17-11-. The minimum atomic E-state index is -4.49. The van der Waals surface area contributed by atoms with Crippen molar-refractivity contribution in [2.75, 3.05) is 11.9 Å². The third-order valence-corrected chi connectivity index (χ3v) is 3.74. The summed E-state index contributed by atoms with van der Waals surface area (Å²) in [7, 11) is 0. The zero-order valence-electron chi connectivity index (χ0n) is 15.8. The Hall–Kier alpha value is -4.08. The van der Waals surface area contributed by atoms with Crippen molar-refractivity contribution in [3.8, 4) is 5.88 Å². The molecule has 0 unspecified atom stereocenters.